The maximum absolute atomic E-state index is 10.2. The summed E-state index contributed by atoms with van der Waals surface area (Å²) in [6, 6.07) is 0. The number of hydrogen-bond acceptors (Lipinski definition) is 3. The maximum atomic E-state index is 10.2. The van der Waals surface area contributed by atoms with Gasteiger partial charge in [-0.15, -0.1) is 0 Å². The first-order chi connectivity index (χ1) is 4.59. The van der Waals surface area contributed by atoms with Crippen molar-refractivity contribution in [3.8, 4) is 0 Å². The van der Waals surface area contributed by atoms with Crippen LogP contribution in [0.1, 0.15) is 27.2 Å². The first kappa shape index (κ1) is 11.8. The number of carbonyl (C=O) groups excluding carboxylic acids is 3. The largest absolute Gasteiger partial charge is 0.304 e. The minimum Gasteiger partial charge on any atom is -0.304 e. The van der Waals surface area contributed by atoms with Gasteiger partial charge in [0.2, 0.25) is 0 Å². The van der Waals surface area contributed by atoms with Crippen LogP contribution >= 0.6 is 0 Å². The lowest BCUT2D eigenvalue weighted by Gasteiger charge is -1.81. The van der Waals surface area contributed by atoms with Crippen LogP contribution in [0.15, 0.2) is 0 Å². The average molecular weight is 144 g/mol. The fourth-order valence-corrected chi connectivity index (χ4v) is 0.249. The molecular formula is C7H12O3. The third kappa shape index (κ3) is 10.1. The zero-order valence-corrected chi connectivity index (χ0v) is 6.51. The van der Waals surface area contributed by atoms with Crippen molar-refractivity contribution in [1.82, 2.24) is 0 Å². The van der Waals surface area contributed by atoms with Crippen molar-refractivity contribution in [2.24, 2.45) is 0 Å². The lowest BCUT2D eigenvalue weighted by atomic mass is 10.2. The zero-order chi connectivity index (χ0) is 8.57. The Morgan fingerprint density at radius 2 is 1.70 bits per heavy atom. The SMILES string of the molecule is CC=O.CCC(=O)C(C)=O. The number of Topliss-reactive ketones (excluding diaryl/α,β-unsaturated/α-hetero) is 2. The molecule has 0 saturated carbocycles. The fourth-order valence-electron chi connectivity index (χ4n) is 0.249. The molecule has 0 bridgehead atoms. The molecule has 0 aromatic heterocycles. The smallest absolute Gasteiger partial charge is 0.197 e. The predicted molar refractivity (Wildman–Crippen MR) is 37.7 cm³/mol. The van der Waals surface area contributed by atoms with Crippen LogP contribution in [-0.2, 0) is 14.4 Å². The van der Waals surface area contributed by atoms with Gasteiger partial charge in [-0.05, 0) is 6.92 Å². The summed E-state index contributed by atoms with van der Waals surface area (Å²) >= 11 is 0. The second-order valence-electron chi connectivity index (χ2n) is 1.57. The van der Waals surface area contributed by atoms with Gasteiger partial charge in [-0.25, -0.2) is 0 Å². The molecule has 0 spiro atoms. The van der Waals surface area contributed by atoms with Crippen molar-refractivity contribution >= 4 is 17.9 Å². The Kier molecular flexibility index (Phi) is 9.42. The predicted octanol–water partition coefficient (Wildman–Crippen LogP) is 0.760. The Morgan fingerprint density at radius 1 is 1.40 bits per heavy atom. The van der Waals surface area contributed by atoms with Crippen molar-refractivity contribution in [2.75, 3.05) is 0 Å². The zero-order valence-electron chi connectivity index (χ0n) is 6.51. The summed E-state index contributed by atoms with van der Waals surface area (Å²) in [6.07, 6.45) is 1.08. The summed E-state index contributed by atoms with van der Waals surface area (Å²) in [4.78, 5) is 29.0. The molecule has 0 unspecified atom stereocenters. The van der Waals surface area contributed by atoms with Gasteiger partial charge in [-0.1, -0.05) is 6.92 Å². The summed E-state index contributed by atoms with van der Waals surface area (Å²) in [5.41, 5.74) is 0. The summed E-state index contributed by atoms with van der Waals surface area (Å²) in [6.45, 7) is 4.40. The highest BCUT2D eigenvalue weighted by molar-refractivity contribution is 6.36. The van der Waals surface area contributed by atoms with Crippen molar-refractivity contribution in [2.45, 2.75) is 27.2 Å². The van der Waals surface area contributed by atoms with E-state index in [2.05, 4.69) is 0 Å². The minimum atomic E-state index is -0.345. The number of ketones is 2. The third-order valence-corrected chi connectivity index (χ3v) is 0.714. The molecule has 0 aromatic rings. The molecule has 0 heterocycles. The van der Waals surface area contributed by atoms with Gasteiger partial charge in [0.1, 0.15) is 6.29 Å². The van der Waals surface area contributed by atoms with Crippen LogP contribution in [0.5, 0.6) is 0 Å². The van der Waals surface area contributed by atoms with Crippen molar-refractivity contribution in [3.63, 3.8) is 0 Å². The summed E-state index contributed by atoms with van der Waals surface area (Å²) < 4.78 is 0. The highest BCUT2D eigenvalue weighted by Gasteiger charge is 2.00. The summed E-state index contributed by atoms with van der Waals surface area (Å²) in [5, 5.41) is 0. The van der Waals surface area contributed by atoms with Crippen LogP contribution in [0, 0.1) is 0 Å². The van der Waals surface area contributed by atoms with Gasteiger partial charge >= 0.3 is 0 Å². The van der Waals surface area contributed by atoms with E-state index in [-0.39, 0.29) is 11.6 Å². The van der Waals surface area contributed by atoms with Gasteiger partial charge in [0.15, 0.2) is 11.6 Å². The number of rotatable bonds is 2. The standard InChI is InChI=1S/C5H8O2.C2H4O/c1-3-5(7)4(2)6;1-2-3/h3H2,1-2H3;2H,1H3. The average Bonchev–Trinajstić information content (AvgIpc) is 1.88. The first-order valence-electron chi connectivity index (χ1n) is 3.03. The minimum absolute atomic E-state index is 0.292. The van der Waals surface area contributed by atoms with Crippen LogP contribution in [0.3, 0.4) is 0 Å². The normalized spacial score (nSPS) is 7.10. The van der Waals surface area contributed by atoms with Crippen LogP contribution in [0.2, 0.25) is 0 Å². The molecule has 0 amide bonds. The topological polar surface area (TPSA) is 51.2 Å². The van der Waals surface area contributed by atoms with Gasteiger partial charge in [-0.2, -0.15) is 0 Å². The Morgan fingerprint density at radius 3 is 1.70 bits per heavy atom. The lowest BCUT2D eigenvalue weighted by Crippen LogP contribution is -2.06. The van der Waals surface area contributed by atoms with Gasteiger partial charge in [0, 0.05) is 13.3 Å². The molecule has 0 rings (SSSR count). The van der Waals surface area contributed by atoms with Crippen molar-refractivity contribution in [1.29, 1.82) is 0 Å². The Hall–Kier alpha value is -0.990. The third-order valence-electron chi connectivity index (χ3n) is 0.714. The Bertz CT molecular complexity index is 127. The molecule has 10 heavy (non-hydrogen) atoms. The van der Waals surface area contributed by atoms with Crippen LogP contribution < -0.4 is 0 Å². The van der Waals surface area contributed by atoms with Gasteiger partial charge in [0.25, 0.3) is 0 Å². The Labute approximate surface area is 60.4 Å². The van der Waals surface area contributed by atoms with Crippen LogP contribution in [0.4, 0.5) is 0 Å². The van der Waals surface area contributed by atoms with E-state index in [0.29, 0.717) is 6.42 Å². The number of aldehydes is 1. The molecule has 0 saturated heterocycles. The van der Waals surface area contributed by atoms with Crippen molar-refractivity contribution in [3.05, 3.63) is 0 Å². The highest BCUT2D eigenvalue weighted by Crippen LogP contribution is 1.79. The first-order valence-corrected chi connectivity index (χ1v) is 3.03. The molecule has 3 heteroatoms. The van der Waals surface area contributed by atoms with E-state index in [1.807, 2.05) is 0 Å². The van der Waals surface area contributed by atoms with Crippen LogP contribution in [0.25, 0.3) is 0 Å². The fraction of sp³-hybridized carbons (Fsp3) is 0.571. The van der Waals surface area contributed by atoms with E-state index in [0.717, 1.165) is 6.29 Å². The molecular weight excluding hydrogens is 132 g/mol. The number of hydrogen-bond donors (Lipinski definition) is 0. The molecule has 0 aliphatic heterocycles. The van der Waals surface area contributed by atoms with Gasteiger partial charge in [0.05, 0.1) is 0 Å². The molecule has 0 aliphatic rings. The molecule has 3 nitrogen and oxygen atoms in total. The monoisotopic (exact) mass is 144 g/mol. The quantitative estimate of drug-likeness (QED) is 0.424. The lowest BCUT2D eigenvalue weighted by molar-refractivity contribution is -0.135. The molecule has 0 N–H and O–H groups in total. The maximum Gasteiger partial charge on any atom is 0.197 e. The molecule has 0 radical (unpaired) electrons. The van der Waals surface area contributed by atoms with E-state index >= 15 is 0 Å². The van der Waals surface area contributed by atoms with E-state index in [1.54, 1.807) is 6.92 Å². The Balaban J connectivity index is 0. The van der Waals surface area contributed by atoms with E-state index < -0.39 is 0 Å². The van der Waals surface area contributed by atoms with Crippen LogP contribution in [-0.4, -0.2) is 17.9 Å². The second kappa shape index (κ2) is 8.01. The molecule has 0 aromatic carbocycles. The van der Waals surface area contributed by atoms with E-state index in [1.165, 1.54) is 13.8 Å². The summed E-state index contributed by atoms with van der Waals surface area (Å²) in [5.74, 6) is -0.637. The molecule has 58 valence electrons. The van der Waals surface area contributed by atoms with E-state index in [9.17, 15) is 9.59 Å². The van der Waals surface area contributed by atoms with Gasteiger partial charge < -0.3 is 4.79 Å². The van der Waals surface area contributed by atoms with E-state index in [4.69, 9.17) is 4.79 Å². The van der Waals surface area contributed by atoms with Crippen molar-refractivity contribution < 1.29 is 14.4 Å². The molecule has 0 aliphatic carbocycles. The molecule has 0 fully saturated rings. The van der Waals surface area contributed by atoms with Gasteiger partial charge in [-0.3, -0.25) is 9.59 Å². The molecule has 0 atom stereocenters. The summed E-state index contributed by atoms with van der Waals surface area (Å²) in [7, 11) is 0. The second-order valence-corrected chi connectivity index (χ2v) is 1.57. The number of carbonyl (C=O) groups is 3. The highest BCUT2D eigenvalue weighted by atomic mass is 16.2.